The van der Waals surface area contributed by atoms with E-state index in [1.54, 1.807) is 0 Å². The van der Waals surface area contributed by atoms with E-state index in [1.807, 2.05) is 0 Å². The summed E-state index contributed by atoms with van der Waals surface area (Å²) in [5.74, 6) is -3.44. The van der Waals surface area contributed by atoms with Gasteiger partial charge in [-0.05, 0) is 6.42 Å². The third-order valence-electron chi connectivity index (χ3n) is 2.00. The van der Waals surface area contributed by atoms with Gasteiger partial charge in [-0.1, -0.05) is 6.92 Å². The van der Waals surface area contributed by atoms with E-state index in [4.69, 9.17) is 5.11 Å². The van der Waals surface area contributed by atoms with Gasteiger partial charge in [-0.15, -0.1) is 0 Å². The second-order valence-electron chi connectivity index (χ2n) is 3.13. The number of esters is 1. The molecule has 0 radical (unpaired) electrons. The molecule has 0 saturated heterocycles. The molecule has 0 amide bonds. The summed E-state index contributed by atoms with van der Waals surface area (Å²) in [6, 6.07) is 0. The van der Waals surface area contributed by atoms with E-state index >= 15 is 0 Å². The van der Waals surface area contributed by atoms with Crippen molar-refractivity contribution in [2.45, 2.75) is 31.5 Å². The van der Waals surface area contributed by atoms with Crippen LogP contribution in [0.5, 0.6) is 0 Å². The summed E-state index contributed by atoms with van der Waals surface area (Å²) in [4.78, 5) is 20.9. The smallest absolute Gasteiger partial charge is 0.434 e. The molecule has 18 heavy (non-hydrogen) atoms. The molecule has 0 aliphatic carbocycles. The van der Waals surface area contributed by atoms with E-state index in [1.165, 1.54) is 0 Å². The lowest BCUT2D eigenvalue weighted by molar-refractivity contribution is -0.303. The van der Waals surface area contributed by atoms with Crippen LogP contribution in [0.3, 0.4) is 0 Å². The fourth-order valence-corrected chi connectivity index (χ4v) is 1.01. The van der Waals surface area contributed by atoms with Crippen molar-refractivity contribution in [2.75, 3.05) is 0 Å². The Labute approximate surface area is 98.0 Å². The number of carbonyl (C=O) groups is 2. The average molecular weight is 276 g/mol. The molecule has 9 heteroatoms. The first-order chi connectivity index (χ1) is 8.06. The van der Waals surface area contributed by atoms with E-state index in [-0.39, 0.29) is 12.2 Å². The van der Waals surface area contributed by atoms with Crippen LogP contribution in [-0.2, 0) is 14.3 Å². The highest BCUT2D eigenvalue weighted by Gasteiger charge is 2.63. The summed E-state index contributed by atoms with van der Waals surface area (Å²) in [5.41, 5.74) is -3.94. The zero-order chi connectivity index (χ0) is 14.6. The van der Waals surface area contributed by atoms with Gasteiger partial charge in [0.15, 0.2) is 0 Å². The first-order valence-electron chi connectivity index (χ1n) is 4.55. The van der Waals surface area contributed by atoms with Gasteiger partial charge in [-0.2, -0.15) is 13.2 Å². The van der Waals surface area contributed by atoms with Crippen molar-refractivity contribution in [3.63, 3.8) is 0 Å². The third kappa shape index (κ3) is 3.67. The first-order valence-corrected chi connectivity index (χ1v) is 4.55. The second kappa shape index (κ2) is 5.78. The zero-order valence-corrected chi connectivity index (χ0v) is 9.00. The lowest BCUT2D eigenvalue weighted by atomic mass is 10.0. The van der Waals surface area contributed by atoms with Crippen LogP contribution in [-0.4, -0.2) is 35.2 Å². The second-order valence-corrected chi connectivity index (χ2v) is 3.13. The van der Waals surface area contributed by atoms with Crippen LogP contribution in [0.4, 0.5) is 22.0 Å². The maximum absolute atomic E-state index is 12.5. The third-order valence-corrected chi connectivity index (χ3v) is 2.00. The summed E-state index contributed by atoms with van der Waals surface area (Å²) in [6.07, 6.45) is -10.3. The van der Waals surface area contributed by atoms with Crippen molar-refractivity contribution in [2.24, 2.45) is 0 Å². The highest BCUT2D eigenvalue weighted by molar-refractivity contribution is 5.90. The van der Waals surface area contributed by atoms with Gasteiger partial charge in [0.2, 0.25) is 0 Å². The predicted octanol–water partition coefficient (Wildman–Crippen LogP) is 2.15. The summed E-state index contributed by atoms with van der Waals surface area (Å²) < 4.78 is 66.1. The molecule has 1 N–H and O–H groups in total. The largest absolute Gasteiger partial charge is 0.478 e. The number of rotatable bonds is 5. The summed E-state index contributed by atoms with van der Waals surface area (Å²) in [7, 11) is 0. The molecular weight excluding hydrogens is 267 g/mol. The highest BCUT2D eigenvalue weighted by Crippen LogP contribution is 2.41. The minimum Gasteiger partial charge on any atom is -0.478 e. The monoisotopic (exact) mass is 276 g/mol. The molecule has 0 saturated carbocycles. The number of carbonyl (C=O) groups excluding carboxylic acids is 1. The normalized spacial score (nSPS) is 15.7. The molecule has 0 aromatic heterocycles. The van der Waals surface area contributed by atoms with Crippen LogP contribution < -0.4 is 0 Å². The molecular formula is C9H9F5O4. The van der Waals surface area contributed by atoms with Gasteiger partial charge in [0, 0.05) is 12.2 Å². The number of hydrogen-bond acceptors (Lipinski definition) is 3. The Morgan fingerprint density at radius 3 is 2.06 bits per heavy atom. The van der Waals surface area contributed by atoms with Gasteiger partial charge in [0.05, 0.1) is 0 Å². The van der Waals surface area contributed by atoms with E-state index in [9.17, 15) is 31.5 Å². The number of alkyl halides is 5. The molecule has 1 unspecified atom stereocenters. The molecule has 4 nitrogen and oxygen atoms in total. The topological polar surface area (TPSA) is 63.6 Å². The Morgan fingerprint density at radius 2 is 1.78 bits per heavy atom. The van der Waals surface area contributed by atoms with Crippen LogP contribution in [0.1, 0.15) is 13.3 Å². The number of ether oxygens (including phenoxy) is 1. The molecule has 1 atom stereocenters. The molecule has 0 aromatic rings. The van der Waals surface area contributed by atoms with Crippen LogP contribution >= 0.6 is 0 Å². The standard InChI is InChI=1S/C9H9F5O4/c1-2-8(7(10)11,9(12,13)14)18-6(17)4-3-5(15)16/h3-4,7H,2H2,1H3,(H,15,16). The molecule has 0 fully saturated rings. The van der Waals surface area contributed by atoms with Crippen LogP contribution in [0, 0.1) is 0 Å². The fraction of sp³-hybridized carbons (Fsp3) is 0.556. The van der Waals surface area contributed by atoms with Crippen LogP contribution in [0.15, 0.2) is 12.2 Å². The fourth-order valence-electron chi connectivity index (χ4n) is 1.01. The first kappa shape index (κ1) is 16.3. The number of carboxylic acid groups (broad SMARTS) is 1. The summed E-state index contributed by atoms with van der Waals surface area (Å²) in [5, 5.41) is 8.12. The van der Waals surface area contributed by atoms with E-state index in [0.717, 1.165) is 6.92 Å². The van der Waals surface area contributed by atoms with E-state index in [2.05, 4.69) is 4.74 Å². The Kier molecular flexibility index (Phi) is 5.25. The predicted molar refractivity (Wildman–Crippen MR) is 47.9 cm³/mol. The Morgan fingerprint density at radius 1 is 1.28 bits per heavy atom. The van der Waals surface area contributed by atoms with E-state index < -0.39 is 36.6 Å². The molecule has 0 bridgehead atoms. The van der Waals surface area contributed by atoms with Gasteiger partial charge in [0.25, 0.3) is 12.0 Å². The highest BCUT2D eigenvalue weighted by atomic mass is 19.4. The van der Waals surface area contributed by atoms with Gasteiger partial charge in [0.1, 0.15) is 0 Å². The Balaban J connectivity index is 5.15. The Bertz CT molecular complexity index is 349. The zero-order valence-electron chi connectivity index (χ0n) is 9.00. The summed E-state index contributed by atoms with van der Waals surface area (Å²) >= 11 is 0. The Hall–Kier alpha value is -1.67. The van der Waals surface area contributed by atoms with Crippen LogP contribution in [0.25, 0.3) is 0 Å². The number of hydrogen-bond donors (Lipinski definition) is 1. The van der Waals surface area contributed by atoms with E-state index in [0.29, 0.717) is 0 Å². The van der Waals surface area contributed by atoms with Crippen molar-refractivity contribution in [1.82, 2.24) is 0 Å². The number of halogens is 5. The van der Waals surface area contributed by atoms with Gasteiger partial charge in [-0.3, -0.25) is 0 Å². The lowest BCUT2D eigenvalue weighted by Gasteiger charge is -2.32. The van der Waals surface area contributed by atoms with Crippen molar-refractivity contribution in [3.05, 3.63) is 12.2 Å². The van der Waals surface area contributed by atoms with Crippen LogP contribution in [0.2, 0.25) is 0 Å². The summed E-state index contributed by atoms with van der Waals surface area (Å²) in [6.45, 7) is 0.772. The van der Waals surface area contributed by atoms with Crippen molar-refractivity contribution in [3.8, 4) is 0 Å². The van der Waals surface area contributed by atoms with Gasteiger partial charge in [-0.25, -0.2) is 18.4 Å². The van der Waals surface area contributed by atoms with Crippen molar-refractivity contribution >= 4 is 11.9 Å². The molecule has 0 spiro atoms. The maximum Gasteiger partial charge on any atom is 0.434 e. The lowest BCUT2D eigenvalue weighted by Crippen LogP contribution is -2.54. The molecule has 0 aromatic carbocycles. The average Bonchev–Trinajstić information content (AvgIpc) is 2.20. The molecule has 0 heterocycles. The van der Waals surface area contributed by atoms with Crippen molar-refractivity contribution < 1.29 is 41.4 Å². The maximum atomic E-state index is 12.5. The SMILES string of the molecule is CCC(OC(=O)C=CC(=O)O)(C(F)F)C(F)(F)F. The van der Waals surface area contributed by atoms with Gasteiger partial charge < -0.3 is 9.84 Å². The molecule has 0 aliphatic heterocycles. The number of aliphatic carboxylic acids is 1. The van der Waals surface area contributed by atoms with Gasteiger partial charge >= 0.3 is 18.1 Å². The minimum atomic E-state index is -5.47. The quantitative estimate of drug-likeness (QED) is 0.474. The number of carboxylic acids is 1. The molecule has 0 aliphatic rings. The molecule has 0 rings (SSSR count). The minimum absolute atomic E-state index is 0.126. The van der Waals surface area contributed by atoms with Crippen molar-refractivity contribution in [1.29, 1.82) is 0 Å². The molecule has 104 valence electrons.